The maximum absolute atomic E-state index is 12.9. The average molecular weight is 1450 g/mol. The first-order valence-corrected chi connectivity index (χ1v) is 46.1. The first-order valence-electron chi connectivity index (χ1n) is 44.6. The third-order valence-electron chi connectivity index (χ3n) is 20.2. The highest BCUT2D eigenvalue weighted by molar-refractivity contribution is 7.45. The lowest BCUT2D eigenvalue weighted by molar-refractivity contribution is -0.870. The predicted octanol–water partition coefficient (Wildman–Crippen LogP) is 29.6. The summed E-state index contributed by atoms with van der Waals surface area (Å²) in [4.78, 5) is 38.3. The Hall–Kier alpha value is -2.55. The van der Waals surface area contributed by atoms with Crippen LogP contribution in [0.4, 0.5) is 0 Å². The summed E-state index contributed by atoms with van der Waals surface area (Å²) in [6.07, 6.45) is 114. The molecule has 0 spiro atoms. The summed E-state index contributed by atoms with van der Waals surface area (Å²) in [6.45, 7) is 4.20. The predicted molar refractivity (Wildman–Crippen MR) is 443 cm³/mol. The number of esters is 2. The van der Waals surface area contributed by atoms with Gasteiger partial charge in [0.25, 0.3) is 7.82 Å². The molecule has 102 heavy (non-hydrogen) atoms. The van der Waals surface area contributed by atoms with E-state index in [1.54, 1.807) is 0 Å². The number of phosphoric acid groups is 1. The molecule has 0 heterocycles. The van der Waals surface area contributed by atoms with Crippen molar-refractivity contribution in [1.82, 2.24) is 0 Å². The number of allylic oxidation sites excluding steroid dienone is 12. The molecule has 9 nitrogen and oxygen atoms in total. The minimum atomic E-state index is -4.65. The molecule has 0 rings (SSSR count). The number of hydrogen-bond donors (Lipinski definition) is 0. The summed E-state index contributed by atoms with van der Waals surface area (Å²) in [5.41, 5.74) is 0. The van der Waals surface area contributed by atoms with Crippen LogP contribution in [0.25, 0.3) is 0 Å². The first kappa shape index (κ1) is 99.5. The smallest absolute Gasteiger partial charge is 0.306 e. The second-order valence-corrected chi connectivity index (χ2v) is 33.0. The number of nitrogens with zero attached hydrogens (tertiary/aromatic N) is 1. The Morgan fingerprint density at radius 1 is 0.314 bits per heavy atom. The highest BCUT2D eigenvalue weighted by Gasteiger charge is 2.22. The highest BCUT2D eigenvalue weighted by atomic mass is 31.2. The molecule has 0 aliphatic rings. The van der Waals surface area contributed by atoms with Gasteiger partial charge in [0.15, 0.2) is 6.10 Å². The van der Waals surface area contributed by atoms with E-state index in [0.717, 1.165) is 64.2 Å². The standard InChI is InChI=1S/C92H172NO8P/c1-6-8-10-12-14-16-18-20-22-24-26-28-30-32-34-36-38-40-42-44-45-46-47-49-51-53-55-57-59-61-63-65-67-69-71-73-75-77-79-81-83-85-92(95)101-90(89-100-102(96,97)99-87-86-93(3,4)5)88-98-91(94)84-82-80-78-76-74-72-70-68-66-64-62-60-58-56-54-52-50-48-43-41-39-37-35-33-31-29-27-25-23-21-19-17-15-13-11-9-7-2/h8,10,14,16,19-22,25-28,90H,6-7,9,11-13,15,17-18,23-24,29-89H2,1-5H3/b10-8-,16-14-,21-19-,22-20-,27-25-,28-26-. The van der Waals surface area contributed by atoms with E-state index in [4.69, 9.17) is 18.5 Å². The quantitative estimate of drug-likeness (QED) is 0.0195. The number of carbonyl (C=O) groups excluding carboxylic acids is 2. The van der Waals surface area contributed by atoms with Gasteiger partial charge in [-0.15, -0.1) is 0 Å². The Labute approximate surface area is 635 Å². The van der Waals surface area contributed by atoms with Crippen LogP contribution in [-0.4, -0.2) is 70.0 Å². The Kier molecular flexibility index (Phi) is 80.4. The van der Waals surface area contributed by atoms with Crippen molar-refractivity contribution in [3.8, 4) is 0 Å². The number of hydrogen-bond acceptors (Lipinski definition) is 8. The molecule has 0 aromatic rings. The molecule has 0 aliphatic heterocycles. The first-order chi connectivity index (χ1) is 50.0. The molecule has 0 N–H and O–H groups in total. The van der Waals surface area contributed by atoms with Gasteiger partial charge in [-0.1, -0.05) is 427 Å². The van der Waals surface area contributed by atoms with Crippen LogP contribution in [-0.2, 0) is 32.7 Å². The second-order valence-electron chi connectivity index (χ2n) is 31.6. The second kappa shape index (κ2) is 82.5. The Morgan fingerprint density at radius 2 is 0.559 bits per heavy atom. The fourth-order valence-electron chi connectivity index (χ4n) is 13.5. The molecule has 598 valence electrons. The largest absolute Gasteiger partial charge is 0.756 e. The van der Waals surface area contributed by atoms with E-state index in [9.17, 15) is 19.0 Å². The number of carbonyl (C=O) groups is 2. The third kappa shape index (κ3) is 86.4. The van der Waals surface area contributed by atoms with Crippen molar-refractivity contribution >= 4 is 19.8 Å². The number of quaternary nitrogens is 1. The minimum absolute atomic E-state index is 0.0279. The van der Waals surface area contributed by atoms with Gasteiger partial charge in [-0.25, -0.2) is 0 Å². The Bertz CT molecular complexity index is 1950. The molecular weight excluding hydrogens is 1280 g/mol. The lowest BCUT2D eigenvalue weighted by Gasteiger charge is -2.28. The number of ether oxygens (including phenoxy) is 2. The van der Waals surface area contributed by atoms with Crippen LogP contribution in [0.3, 0.4) is 0 Å². The molecule has 0 aromatic heterocycles. The van der Waals surface area contributed by atoms with E-state index >= 15 is 0 Å². The van der Waals surface area contributed by atoms with Crippen molar-refractivity contribution in [2.75, 3.05) is 47.5 Å². The summed E-state index contributed by atoms with van der Waals surface area (Å²) in [7, 11) is 1.19. The molecule has 0 radical (unpaired) electrons. The van der Waals surface area contributed by atoms with Gasteiger partial charge in [-0.05, 0) is 83.5 Å². The van der Waals surface area contributed by atoms with Crippen LogP contribution in [0.1, 0.15) is 450 Å². The van der Waals surface area contributed by atoms with Gasteiger partial charge in [0.05, 0.1) is 27.7 Å². The van der Waals surface area contributed by atoms with Crippen LogP contribution in [0.15, 0.2) is 72.9 Å². The van der Waals surface area contributed by atoms with Crippen LogP contribution in [0.5, 0.6) is 0 Å². The van der Waals surface area contributed by atoms with E-state index in [1.165, 1.54) is 353 Å². The molecule has 2 atom stereocenters. The zero-order valence-corrected chi connectivity index (χ0v) is 69.5. The zero-order valence-electron chi connectivity index (χ0n) is 68.6. The van der Waals surface area contributed by atoms with Gasteiger partial charge in [0.2, 0.25) is 0 Å². The van der Waals surface area contributed by atoms with E-state index in [-0.39, 0.29) is 32.0 Å². The summed E-state index contributed by atoms with van der Waals surface area (Å²) >= 11 is 0. The molecule has 0 amide bonds. The number of likely N-dealkylation sites (N-methyl/N-ethyl adjacent to an activating group) is 1. The summed E-state index contributed by atoms with van der Waals surface area (Å²) in [6, 6.07) is 0. The van der Waals surface area contributed by atoms with Crippen LogP contribution in [0.2, 0.25) is 0 Å². The summed E-state index contributed by atoms with van der Waals surface area (Å²) in [5.74, 6) is -0.806. The fourth-order valence-corrected chi connectivity index (χ4v) is 14.2. The lowest BCUT2D eigenvalue weighted by Crippen LogP contribution is -2.37. The minimum Gasteiger partial charge on any atom is -0.756 e. The van der Waals surface area contributed by atoms with Crippen molar-refractivity contribution in [3.05, 3.63) is 72.9 Å². The lowest BCUT2D eigenvalue weighted by atomic mass is 10.0. The summed E-state index contributed by atoms with van der Waals surface area (Å²) in [5, 5.41) is 0. The molecule has 0 aromatic carbocycles. The Balaban J connectivity index is 3.84. The van der Waals surface area contributed by atoms with E-state index in [2.05, 4.69) is 86.8 Å². The Morgan fingerprint density at radius 3 is 0.833 bits per heavy atom. The van der Waals surface area contributed by atoms with Gasteiger partial charge in [0.1, 0.15) is 19.8 Å². The van der Waals surface area contributed by atoms with E-state index < -0.39 is 26.5 Å². The SMILES string of the molecule is CC/C=C\C/C=C\C/C=C\C/C=C\CCCCCCCCCCCCCCCCCCCCCCCCCCCCCCC(=O)OC(COC(=O)CCCCCCCCCCCCCCCCCCCCCCCCCCC/C=C\C/C=C\CCCCCCC)COP(=O)([O-])OCC[N+](C)(C)C. The van der Waals surface area contributed by atoms with Crippen molar-refractivity contribution in [3.63, 3.8) is 0 Å². The number of phosphoric ester groups is 1. The van der Waals surface area contributed by atoms with Crippen molar-refractivity contribution in [1.29, 1.82) is 0 Å². The molecule has 0 saturated carbocycles. The highest BCUT2D eigenvalue weighted by Crippen LogP contribution is 2.38. The van der Waals surface area contributed by atoms with Crippen molar-refractivity contribution < 1.29 is 42.1 Å². The van der Waals surface area contributed by atoms with Gasteiger partial charge in [-0.2, -0.15) is 0 Å². The van der Waals surface area contributed by atoms with Gasteiger partial charge < -0.3 is 27.9 Å². The summed E-state index contributed by atoms with van der Waals surface area (Å²) < 4.78 is 34.5. The molecule has 0 bridgehead atoms. The zero-order chi connectivity index (χ0) is 74.0. The normalized spacial score (nSPS) is 13.3. The third-order valence-corrected chi connectivity index (χ3v) is 21.2. The van der Waals surface area contributed by atoms with Crippen molar-refractivity contribution in [2.45, 2.75) is 457 Å². The molecule has 2 unspecified atom stereocenters. The monoisotopic (exact) mass is 1450 g/mol. The van der Waals surface area contributed by atoms with E-state index in [0.29, 0.717) is 17.4 Å². The molecule has 0 aliphatic carbocycles. The van der Waals surface area contributed by atoms with Gasteiger partial charge in [-0.3, -0.25) is 14.2 Å². The van der Waals surface area contributed by atoms with Crippen LogP contribution < -0.4 is 4.89 Å². The molecule has 0 saturated heterocycles. The van der Waals surface area contributed by atoms with E-state index in [1.807, 2.05) is 21.1 Å². The number of unbranched alkanes of at least 4 members (excludes halogenated alkanes) is 58. The van der Waals surface area contributed by atoms with Gasteiger partial charge in [0, 0.05) is 12.8 Å². The topological polar surface area (TPSA) is 111 Å². The molecule has 10 heteroatoms. The molecule has 0 fully saturated rings. The maximum Gasteiger partial charge on any atom is 0.306 e. The fraction of sp³-hybridized carbons (Fsp3) is 0.848. The van der Waals surface area contributed by atoms with Gasteiger partial charge >= 0.3 is 11.9 Å². The maximum atomic E-state index is 12.9. The van der Waals surface area contributed by atoms with Crippen LogP contribution >= 0.6 is 7.82 Å². The average Bonchev–Trinajstić information content (AvgIpc) is 0.916. The molecular formula is C92H172NO8P. The number of rotatable bonds is 84. The van der Waals surface area contributed by atoms with Crippen molar-refractivity contribution in [2.24, 2.45) is 0 Å². The van der Waals surface area contributed by atoms with Crippen LogP contribution in [0, 0.1) is 0 Å².